The number of nitrogens with zero attached hydrogens (tertiary/aromatic N) is 1. The molecule has 0 fully saturated rings. The first-order valence-corrected chi connectivity index (χ1v) is 6.18. The van der Waals surface area contributed by atoms with Gasteiger partial charge in [0.25, 0.3) is 0 Å². The highest BCUT2D eigenvalue weighted by molar-refractivity contribution is 5.85. The van der Waals surface area contributed by atoms with Crippen molar-refractivity contribution in [2.45, 2.75) is 19.1 Å². The Kier molecular flexibility index (Phi) is 3.71. The van der Waals surface area contributed by atoms with Gasteiger partial charge in [0.15, 0.2) is 0 Å². The second kappa shape index (κ2) is 5.10. The Balaban J connectivity index is 2.60. The van der Waals surface area contributed by atoms with Gasteiger partial charge in [0.2, 0.25) is 0 Å². The van der Waals surface area contributed by atoms with Crippen molar-refractivity contribution in [3.05, 3.63) is 35.5 Å². The van der Waals surface area contributed by atoms with Gasteiger partial charge in [0.05, 0.1) is 12.1 Å². The van der Waals surface area contributed by atoms with E-state index in [9.17, 15) is 5.11 Å². The van der Waals surface area contributed by atoms with Crippen molar-refractivity contribution in [2.75, 3.05) is 20.6 Å². The molecule has 1 aromatic carbocycles. The number of aromatic amines is 1. The van der Waals surface area contributed by atoms with Crippen LogP contribution < -0.4 is 5.73 Å². The first-order valence-electron chi connectivity index (χ1n) is 6.18. The summed E-state index contributed by atoms with van der Waals surface area (Å²) in [6, 6.07) is 8.06. The van der Waals surface area contributed by atoms with Crippen LogP contribution in [0.1, 0.15) is 17.3 Å². The largest absolute Gasteiger partial charge is 0.390 e. The number of nitrogens with two attached hydrogens (primary N) is 1. The minimum atomic E-state index is -0.571. The van der Waals surface area contributed by atoms with Gasteiger partial charge in [-0.05, 0) is 27.1 Å². The molecule has 0 aliphatic rings. The highest BCUT2D eigenvalue weighted by atomic mass is 16.3. The molecule has 0 bridgehead atoms. The average molecular weight is 247 g/mol. The fraction of sp³-hybridized carbons (Fsp3) is 0.429. The van der Waals surface area contributed by atoms with Crippen molar-refractivity contribution in [1.82, 2.24) is 9.88 Å². The fourth-order valence-electron chi connectivity index (χ4n) is 2.60. The lowest BCUT2D eigenvalue weighted by molar-refractivity contribution is 0.0827. The number of aryl methyl sites for hydroxylation is 1. The van der Waals surface area contributed by atoms with Gasteiger partial charge in [-0.2, -0.15) is 0 Å². The number of hydrogen-bond donors (Lipinski definition) is 3. The van der Waals surface area contributed by atoms with Crippen molar-refractivity contribution in [1.29, 1.82) is 0 Å². The zero-order chi connectivity index (χ0) is 13.3. The first kappa shape index (κ1) is 13.1. The normalized spacial score (nSPS) is 15.2. The predicted molar refractivity (Wildman–Crippen MR) is 74.5 cm³/mol. The maximum absolute atomic E-state index is 10.2. The van der Waals surface area contributed by atoms with Crippen LogP contribution in [0, 0.1) is 6.92 Å². The number of hydrogen-bond acceptors (Lipinski definition) is 3. The van der Waals surface area contributed by atoms with E-state index in [2.05, 4.69) is 11.1 Å². The van der Waals surface area contributed by atoms with Gasteiger partial charge in [0, 0.05) is 28.7 Å². The van der Waals surface area contributed by atoms with E-state index in [-0.39, 0.29) is 12.6 Å². The van der Waals surface area contributed by atoms with E-state index in [0.717, 1.165) is 22.2 Å². The van der Waals surface area contributed by atoms with Crippen LogP contribution in [0.3, 0.4) is 0 Å². The third kappa shape index (κ3) is 2.14. The van der Waals surface area contributed by atoms with Gasteiger partial charge in [-0.25, -0.2) is 0 Å². The number of benzene rings is 1. The Morgan fingerprint density at radius 2 is 2.00 bits per heavy atom. The summed E-state index contributed by atoms with van der Waals surface area (Å²) >= 11 is 0. The van der Waals surface area contributed by atoms with Gasteiger partial charge in [0.1, 0.15) is 0 Å². The maximum atomic E-state index is 10.2. The summed E-state index contributed by atoms with van der Waals surface area (Å²) in [5.74, 6) is 0. The molecule has 98 valence electrons. The van der Waals surface area contributed by atoms with E-state index >= 15 is 0 Å². The predicted octanol–water partition coefficient (Wildman–Crippen LogP) is 1.40. The van der Waals surface area contributed by atoms with Crippen LogP contribution in [0.5, 0.6) is 0 Å². The lowest BCUT2D eigenvalue weighted by atomic mass is 9.97. The molecule has 4 heteroatoms. The molecule has 4 N–H and O–H groups in total. The van der Waals surface area contributed by atoms with Crippen LogP contribution in [-0.4, -0.2) is 41.7 Å². The molecular formula is C14H21N3O. The van der Waals surface area contributed by atoms with Crippen molar-refractivity contribution in [3.8, 4) is 0 Å². The van der Waals surface area contributed by atoms with Gasteiger partial charge >= 0.3 is 0 Å². The zero-order valence-corrected chi connectivity index (χ0v) is 11.1. The minimum Gasteiger partial charge on any atom is -0.390 e. The molecule has 4 nitrogen and oxygen atoms in total. The van der Waals surface area contributed by atoms with Crippen LogP contribution in [0.25, 0.3) is 10.9 Å². The van der Waals surface area contributed by atoms with Crippen LogP contribution in [0.15, 0.2) is 24.3 Å². The molecule has 18 heavy (non-hydrogen) atoms. The summed E-state index contributed by atoms with van der Waals surface area (Å²) in [6.45, 7) is 2.29. The fourth-order valence-corrected chi connectivity index (χ4v) is 2.60. The lowest BCUT2D eigenvalue weighted by Gasteiger charge is -2.29. The second-order valence-corrected chi connectivity index (χ2v) is 4.92. The Labute approximate surface area is 107 Å². The number of nitrogens with one attached hydrogen (secondary N) is 1. The van der Waals surface area contributed by atoms with Gasteiger partial charge < -0.3 is 15.8 Å². The van der Waals surface area contributed by atoms with Crippen LogP contribution in [0.2, 0.25) is 0 Å². The third-order valence-electron chi connectivity index (χ3n) is 3.40. The van der Waals surface area contributed by atoms with E-state index in [1.807, 2.05) is 44.1 Å². The Bertz CT molecular complexity index is 533. The first-order chi connectivity index (χ1) is 8.56. The maximum Gasteiger partial charge on any atom is 0.0859 e. The monoisotopic (exact) mass is 247 g/mol. The summed E-state index contributed by atoms with van der Waals surface area (Å²) in [5.41, 5.74) is 8.94. The molecule has 1 aromatic heterocycles. The standard InChI is InChI=1S/C14H21N3O/c1-9-13(14(17(2)3)12(18)8-15)10-6-4-5-7-11(10)16-9/h4-7,12,14,16,18H,8,15H2,1-3H3. The smallest absolute Gasteiger partial charge is 0.0859 e. The molecule has 2 unspecified atom stereocenters. The molecule has 0 saturated heterocycles. The second-order valence-electron chi connectivity index (χ2n) is 4.92. The van der Waals surface area contributed by atoms with E-state index in [4.69, 9.17) is 5.73 Å². The van der Waals surface area contributed by atoms with E-state index in [0.29, 0.717) is 0 Å². The molecule has 2 aromatic rings. The van der Waals surface area contributed by atoms with Crippen molar-refractivity contribution in [2.24, 2.45) is 5.73 Å². The Morgan fingerprint density at radius 3 is 2.61 bits per heavy atom. The van der Waals surface area contributed by atoms with Gasteiger partial charge in [-0.15, -0.1) is 0 Å². The van der Waals surface area contributed by atoms with Crippen molar-refractivity contribution >= 4 is 10.9 Å². The molecule has 0 amide bonds. The molecule has 1 heterocycles. The van der Waals surface area contributed by atoms with Gasteiger partial charge in [-0.1, -0.05) is 18.2 Å². The topological polar surface area (TPSA) is 65.3 Å². The average Bonchev–Trinajstić information content (AvgIpc) is 2.66. The molecular weight excluding hydrogens is 226 g/mol. The number of aliphatic hydroxyl groups is 1. The van der Waals surface area contributed by atoms with Crippen molar-refractivity contribution < 1.29 is 5.11 Å². The number of fused-ring (bicyclic) bond motifs is 1. The summed E-state index contributed by atoms with van der Waals surface area (Å²) in [4.78, 5) is 5.38. The van der Waals surface area contributed by atoms with E-state index < -0.39 is 6.10 Å². The SMILES string of the molecule is Cc1[nH]c2ccccc2c1C(C(O)CN)N(C)C. The molecule has 0 aliphatic carbocycles. The highest BCUT2D eigenvalue weighted by Gasteiger charge is 2.26. The molecule has 2 atom stereocenters. The molecule has 0 radical (unpaired) electrons. The molecule has 0 spiro atoms. The minimum absolute atomic E-state index is 0.0915. The number of rotatable bonds is 4. The Morgan fingerprint density at radius 1 is 1.33 bits per heavy atom. The van der Waals surface area contributed by atoms with E-state index in [1.54, 1.807) is 0 Å². The molecule has 2 rings (SSSR count). The quantitative estimate of drug-likeness (QED) is 0.765. The van der Waals surface area contributed by atoms with E-state index in [1.165, 1.54) is 0 Å². The van der Waals surface area contributed by atoms with Crippen molar-refractivity contribution in [3.63, 3.8) is 0 Å². The number of para-hydroxylation sites is 1. The summed E-state index contributed by atoms with van der Waals surface area (Å²) in [6.07, 6.45) is -0.571. The number of aliphatic hydroxyl groups excluding tert-OH is 1. The lowest BCUT2D eigenvalue weighted by Crippen LogP contribution is -2.36. The highest BCUT2D eigenvalue weighted by Crippen LogP contribution is 2.32. The van der Waals surface area contributed by atoms with Crippen LogP contribution in [0.4, 0.5) is 0 Å². The Hall–Kier alpha value is -1.36. The number of H-pyrrole nitrogens is 1. The third-order valence-corrected chi connectivity index (χ3v) is 3.40. The molecule has 0 saturated carbocycles. The summed E-state index contributed by atoms with van der Waals surface area (Å²) in [5, 5.41) is 11.3. The molecule has 0 aliphatic heterocycles. The summed E-state index contributed by atoms with van der Waals surface area (Å²) < 4.78 is 0. The number of likely N-dealkylation sites (N-methyl/N-ethyl adjacent to an activating group) is 1. The van der Waals surface area contributed by atoms with Crippen LogP contribution >= 0.6 is 0 Å². The summed E-state index contributed by atoms with van der Waals surface area (Å²) in [7, 11) is 3.93. The van der Waals surface area contributed by atoms with Gasteiger partial charge in [-0.3, -0.25) is 4.90 Å². The van der Waals surface area contributed by atoms with Crippen LogP contribution in [-0.2, 0) is 0 Å². The zero-order valence-electron chi connectivity index (χ0n) is 11.1. The number of aromatic nitrogens is 1.